The molecular weight excluding hydrogens is 471 g/mol. The van der Waals surface area contributed by atoms with E-state index in [1.165, 1.54) is 11.6 Å². The molecule has 190 valence electrons. The molecule has 0 saturated carbocycles. The molecule has 0 heterocycles. The zero-order valence-corrected chi connectivity index (χ0v) is 21.8. The third-order valence-corrected chi connectivity index (χ3v) is 6.86. The molecule has 1 N–H and O–H groups in total. The van der Waals surface area contributed by atoms with Crippen molar-refractivity contribution in [2.24, 2.45) is 5.92 Å². The highest BCUT2D eigenvalue weighted by atomic mass is 32.2. The highest BCUT2D eigenvalue weighted by Gasteiger charge is 2.30. The highest BCUT2D eigenvalue weighted by Crippen LogP contribution is 2.19. The molecule has 0 saturated heterocycles. The Morgan fingerprint density at radius 2 is 1.50 bits per heavy atom. The minimum Gasteiger partial charge on any atom is -0.354 e. The Morgan fingerprint density at radius 3 is 2.14 bits per heavy atom. The normalized spacial score (nSPS) is 11.8. The minimum absolute atomic E-state index is 0.0431. The molecule has 0 unspecified atom stereocenters. The summed E-state index contributed by atoms with van der Waals surface area (Å²) in [5, 5.41) is 3.00. The van der Waals surface area contributed by atoms with Crippen molar-refractivity contribution in [3.8, 4) is 0 Å². The molecule has 0 radical (unpaired) electrons. The number of carbonyl (C=O) groups excluding carboxylic acids is 2. The summed E-state index contributed by atoms with van der Waals surface area (Å²) in [6.07, 6.45) is 0.636. The fraction of sp³-hybridized carbons (Fsp3) is 0.333. The number of amides is 2. The van der Waals surface area contributed by atoms with Gasteiger partial charge < -0.3 is 10.2 Å². The van der Waals surface area contributed by atoms with Gasteiger partial charge in [-0.3, -0.25) is 9.59 Å². The fourth-order valence-electron chi connectivity index (χ4n) is 3.85. The summed E-state index contributed by atoms with van der Waals surface area (Å²) < 4.78 is 14.6. The van der Waals surface area contributed by atoms with E-state index in [1.54, 1.807) is 34.9 Å². The predicted octanol–water partition coefficient (Wildman–Crippen LogP) is 5.86. The molecule has 4 nitrogen and oxygen atoms in total. The molecule has 0 fully saturated rings. The Hall–Kier alpha value is -3.12. The number of rotatable bonds is 13. The van der Waals surface area contributed by atoms with Crippen molar-refractivity contribution in [3.63, 3.8) is 0 Å². The number of hydrogen-bond acceptors (Lipinski definition) is 3. The van der Waals surface area contributed by atoms with Gasteiger partial charge in [0.15, 0.2) is 0 Å². The molecule has 3 aromatic carbocycles. The van der Waals surface area contributed by atoms with Crippen LogP contribution in [0.25, 0.3) is 0 Å². The SMILES string of the molecule is CC(C)CNC(=O)[C@@H](Cc1ccccc1)N(Cc1ccccc1F)C(=O)CCSCc1ccccc1. The lowest BCUT2D eigenvalue weighted by Crippen LogP contribution is -2.51. The first kappa shape index (κ1) is 27.5. The highest BCUT2D eigenvalue weighted by molar-refractivity contribution is 7.98. The Morgan fingerprint density at radius 1 is 0.889 bits per heavy atom. The smallest absolute Gasteiger partial charge is 0.243 e. The van der Waals surface area contributed by atoms with E-state index in [9.17, 15) is 14.0 Å². The van der Waals surface area contributed by atoms with Crippen molar-refractivity contribution >= 4 is 23.6 Å². The second-order valence-electron chi connectivity index (χ2n) is 9.25. The third-order valence-electron chi connectivity index (χ3n) is 5.83. The van der Waals surface area contributed by atoms with Gasteiger partial charge in [-0.15, -0.1) is 0 Å². The first-order valence-electron chi connectivity index (χ1n) is 12.4. The van der Waals surface area contributed by atoms with Gasteiger partial charge in [0.25, 0.3) is 0 Å². The zero-order chi connectivity index (χ0) is 25.8. The quantitative estimate of drug-likeness (QED) is 0.295. The summed E-state index contributed by atoms with van der Waals surface area (Å²) in [5.41, 5.74) is 2.55. The maximum atomic E-state index is 14.6. The van der Waals surface area contributed by atoms with Gasteiger partial charge in [-0.2, -0.15) is 11.8 Å². The number of benzene rings is 3. The second kappa shape index (κ2) is 14.4. The summed E-state index contributed by atoms with van der Waals surface area (Å²) in [4.78, 5) is 28.5. The minimum atomic E-state index is -0.739. The van der Waals surface area contributed by atoms with Gasteiger partial charge in [-0.05, 0) is 23.1 Å². The Kier molecular flexibility index (Phi) is 11.0. The Labute approximate surface area is 218 Å². The van der Waals surface area contributed by atoms with Crippen LogP contribution in [0.5, 0.6) is 0 Å². The lowest BCUT2D eigenvalue weighted by Gasteiger charge is -2.32. The third kappa shape index (κ3) is 8.83. The lowest BCUT2D eigenvalue weighted by molar-refractivity contribution is -0.141. The van der Waals surface area contributed by atoms with E-state index < -0.39 is 6.04 Å². The fourth-order valence-corrected chi connectivity index (χ4v) is 4.75. The van der Waals surface area contributed by atoms with Gasteiger partial charge in [-0.25, -0.2) is 4.39 Å². The average molecular weight is 507 g/mol. The van der Waals surface area contributed by atoms with Crippen molar-refractivity contribution in [2.75, 3.05) is 12.3 Å². The molecule has 6 heteroatoms. The van der Waals surface area contributed by atoms with E-state index in [-0.39, 0.29) is 36.5 Å². The largest absolute Gasteiger partial charge is 0.354 e. The Bertz CT molecular complexity index is 1090. The molecule has 36 heavy (non-hydrogen) atoms. The number of nitrogens with zero attached hydrogens (tertiary/aromatic N) is 1. The molecule has 3 aromatic rings. The summed E-state index contributed by atoms with van der Waals surface area (Å²) in [7, 11) is 0. The lowest BCUT2D eigenvalue weighted by atomic mass is 10.0. The van der Waals surface area contributed by atoms with E-state index in [0.717, 1.165) is 11.3 Å². The molecule has 0 aliphatic rings. The van der Waals surface area contributed by atoms with Crippen LogP contribution in [0, 0.1) is 11.7 Å². The van der Waals surface area contributed by atoms with E-state index in [4.69, 9.17) is 0 Å². The van der Waals surface area contributed by atoms with Crippen LogP contribution in [0.4, 0.5) is 4.39 Å². The second-order valence-corrected chi connectivity index (χ2v) is 10.4. The van der Waals surface area contributed by atoms with Gasteiger partial charge >= 0.3 is 0 Å². The molecule has 0 aliphatic carbocycles. The average Bonchev–Trinajstić information content (AvgIpc) is 2.89. The van der Waals surface area contributed by atoms with Gasteiger partial charge in [0.05, 0.1) is 0 Å². The molecule has 2 amide bonds. The van der Waals surface area contributed by atoms with Gasteiger partial charge in [0.2, 0.25) is 11.8 Å². The van der Waals surface area contributed by atoms with Crippen LogP contribution in [0.3, 0.4) is 0 Å². The maximum Gasteiger partial charge on any atom is 0.243 e. The van der Waals surface area contributed by atoms with Crippen molar-refractivity contribution in [3.05, 3.63) is 107 Å². The number of hydrogen-bond donors (Lipinski definition) is 1. The number of nitrogens with one attached hydrogen (secondary N) is 1. The van der Waals surface area contributed by atoms with Gasteiger partial charge in [-0.1, -0.05) is 92.7 Å². The molecule has 1 atom stereocenters. The predicted molar refractivity (Wildman–Crippen MR) is 146 cm³/mol. The number of carbonyl (C=O) groups is 2. The zero-order valence-electron chi connectivity index (χ0n) is 21.0. The van der Waals surface area contributed by atoms with Gasteiger partial charge in [0, 0.05) is 43.0 Å². The van der Waals surface area contributed by atoms with Crippen LogP contribution < -0.4 is 5.32 Å². The molecule has 0 bridgehead atoms. The number of halogens is 1. The van der Waals surface area contributed by atoms with E-state index in [2.05, 4.69) is 17.4 Å². The van der Waals surface area contributed by atoms with Crippen molar-refractivity contribution in [2.45, 2.75) is 45.0 Å². The maximum absolute atomic E-state index is 14.6. The van der Waals surface area contributed by atoms with Crippen LogP contribution in [0.2, 0.25) is 0 Å². The van der Waals surface area contributed by atoms with Crippen LogP contribution in [0.1, 0.15) is 37.0 Å². The van der Waals surface area contributed by atoms with Gasteiger partial charge in [0.1, 0.15) is 11.9 Å². The molecule has 0 spiro atoms. The summed E-state index contributed by atoms with van der Waals surface area (Å²) >= 11 is 1.68. The Balaban J connectivity index is 1.80. The van der Waals surface area contributed by atoms with E-state index >= 15 is 0 Å². The molecule has 0 aromatic heterocycles. The monoisotopic (exact) mass is 506 g/mol. The van der Waals surface area contributed by atoms with E-state index in [0.29, 0.717) is 24.3 Å². The summed E-state index contributed by atoms with van der Waals surface area (Å²) in [6.45, 7) is 4.61. The molecular formula is C30H35FN2O2S. The molecule has 0 aliphatic heterocycles. The standard InChI is InChI=1S/C30H35FN2O2S/c1-23(2)20-32-30(35)28(19-24-11-5-3-6-12-24)33(21-26-15-9-10-16-27(26)31)29(34)17-18-36-22-25-13-7-4-8-14-25/h3-16,23,28H,17-22H2,1-2H3,(H,32,35)/t28-/m1/s1. The van der Waals surface area contributed by atoms with Crippen LogP contribution in [-0.4, -0.2) is 35.1 Å². The van der Waals surface area contributed by atoms with Crippen LogP contribution >= 0.6 is 11.8 Å². The van der Waals surface area contributed by atoms with Crippen LogP contribution in [-0.2, 0) is 28.3 Å². The van der Waals surface area contributed by atoms with Crippen molar-refractivity contribution < 1.29 is 14.0 Å². The first-order chi connectivity index (χ1) is 17.4. The summed E-state index contributed by atoms with van der Waals surface area (Å²) in [5.74, 6) is 0.955. The summed E-state index contributed by atoms with van der Waals surface area (Å²) in [6, 6.07) is 25.5. The number of thioether (sulfide) groups is 1. The first-order valence-corrected chi connectivity index (χ1v) is 13.6. The van der Waals surface area contributed by atoms with E-state index in [1.807, 2.05) is 62.4 Å². The van der Waals surface area contributed by atoms with Crippen molar-refractivity contribution in [1.82, 2.24) is 10.2 Å². The molecule has 3 rings (SSSR count). The van der Waals surface area contributed by atoms with Crippen molar-refractivity contribution in [1.29, 1.82) is 0 Å². The topological polar surface area (TPSA) is 49.4 Å². The van der Waals surface area contributed by atoms with Crippen LogP contribution in [0.15, 0.2) is 84.9 Å².